The topological polar surface area (TPSA) is 78.4 Å². The molecule has 0 rings (SSSR count). The Bertz CT molecular complexity index is 397. The van der Waals surface area contributed by atoms with Crippen molar-refractivity contribution in [3.63, 3.8) is 0 Å². The van der Waals surface area contributed by atoms with Crippen LogP contribution in [-0.2, 0) is 9.59 Å². The Kier molecular flexibility index (Phi) is 12.2. The van der Waals surface area contributed by atoms with Crippen LogP contribution in [0.1, 0.15) is 72.6 Å². The van der Waals surface area contributed by atoms with Crippen LogP contribution >= 0.6 is 12.6 Å². The van der Waals surface area contributed by atoms with Crippen LogP contribution in [-0.4, -0.2) is 41.9 Å². The van der Waals surface area contributed by atoms with E-state index in [4.69, 9.17) is 0 Å². The van der Waals surface area contributed by atoms with Gasteiger partial charge in [-0.2, -0.15) is 12.6 Å². The van der Waals surface area contributed by atoms with E-state index in [1.165, 1.54) is 19.3 Å². The van der Waals surface area contributed by atoms with Crippen molar-refractivity contribution in [2.45, 2.75) is 84.8 Å². The average molecular weight is 375 g/mol. The summed E-state index contributed by atoms with van der Waals surface area (Å²) in [6, 6.07) is -0.597. The third-order valence-electron chi connectivity index (χ3n) is 4.46. The van der Waals surface area contributed by atoms with Gasteiger partial charge in [-0.05, 0) is 18.3 Å². The van der Waals surface area contributed by atoms with Crippen molar-refractivity contribution in [3.8, 4) is 0 Å². The van der Waals surface area contributed by atoms with E-state index < -0.39 is 12.1 Å². The van der Waals surface area contributed by atoms with E-state index in [-0.39, 0.29) is 23.1 Å². The first-order valence-electron chi connectivity index (χ1n) is 9.48. The highest BCUT2D eigenvalue weighted by atomic mass is 32.1. The quantitative estimate of drug-likeness (QED) is 0.313. The Hall–Kier alpha value is -0.750. The molecule has 0 radical (unpaired) electrons. The summed E-state index contributed by atoms with van der Waals surface area (Å²) in [5, 5.41) is 15.5. The molecule has 6 heteroatoms. The maximum atomic E-state index is 12.8. The molecule has 0 aromatic rings. The number of likely N-dealkylation sites (N-methyl/N-ethyl adjacent to an activating group) is 1. The summed E-state index contributed by atoms with van der Waals surface area (Å²) >= 11 is 4.11. The van der Waals surface area contributed by atoms with E-state index >= 15 is 0 Å². The predicted molar refractivity (Wildman–Crippen MR) is 107 cm³/mol. The van der Waals surface area contributed by atoms with E-state index in [0.717, 1.165) is 19.3 Å². The maximum Gasteiger partial charge on any atom is 0.242 e. The van der Waals surface area contributed by atoms with Crippen molar-refractivity contribution < 1.29 is 14.7 Å². The van der Waals surface area contributed by atoms with E-state index in [1.54, 1.807) is 7.05 Å². The summed E-state index contributed by atoms with van der Waals surface area (Å²) in [6.45, 7) is 7.95. The molecule has 5 nitrogen and oxygen atoms in total. The molecular weight excluding hydrogens is 336 g/mol. The summed E-state index contributed by atoms with van der Waals surface area (Å²) in [5.41, 5.74) is -0.385. The second-order valence-corrected chi connectivity index (χ2v) is 8.26. The molecule has 2 amide bonds. The number of aliphatic hydroxyl groups excluding tert-OH is 1. The van der Waals surface area contributed by atoms with Crippen molar-refractivity contribution in [3.05, 3.63) is 0 Å². The summed E-state index contributed by atoms with van der Waals surface area (Å²) < 4.78 is 0. The Morgan fingerprint density at radius 1 is 1.08 bits per heavy atom. The van der Waals surface area contributed by atoms with E-state index in [2.05, 4.69) is 30.2 Å². The summed E-state index contributed by atoms with van der Waals surface area (Å²) in [6.07, 6.45) is 6.11. The van der Waals surface area contributed by atoms with Crippen molar-refractivity contribution in [2.24, 2.45) is 11.3 Å². The molecule has 0 aromatic carbocycles. The summed E-state index contributed by atoms with van der Waals surface area (Å²) in [4.78, 5) is 24.9. The third-order valence-corrected chi connectivity index (χ3v) is 4.88. The van der Waals surface area contributed by atoms with Crippen LogP contribution in [0, 0.1) is 11.3 Å². The number of hydrogen-bond donors (Lipinski definition) is 4. The van der Waals surface area contributed by atoms with Crippen LogP contribution in [0.3, 0.4) is 0 Å². The lowest BCUT2D eigenvalue weighted by molar-refractivity contribution is -0.134. The van der Waals surface area contributed by atoms with E-state index in [0.29, 0.717) is 12.2 Å². The van der Waals surface area contributed by atoms with Gasteiger partial charge in [-0.3, -0.25) is 9.59 Å². The van der Waals surface area contributed by atoms with Crippen LogP contribution < -0.4 is 10.6 Å². The van der Waals surface area contributed by atoms with Crippen molar-refractivity contribution in [1.82, 2.24) is 10.6 Å². The molecule has 0 saturated heterocycles. The number of aliphatic hydroxyl groups is 1. The van der Waals surface area contributed by atoms with Crippen molar-refractivity contribution in [1.29, 1.82) is 0 Å². The largest absolute Gasteiger partial charge is 0.392 e. The zero-order valence-corrected chi connectivity index (χ0v) is 17.5. The lowest BCUT2D eigenvalue weighted by Crippen LogP contribution is -2.54. The number of carbonyl (C=O) groups excluding carboxylic acids is 2. The van der Waals surface area contributed by atoms with Crippen molar-refractivity contribution in [2.75, 3.05) is 12.8 Å². The summed E-state index contributed by atoms with van der Waals surface area (Å²) in [7, 11) is 1.57. The van der Waals surface area contributed by atoms with Gasteiger partial charge in [0.05, 0.1) is 6.10 Å². The Labute approximate surface area is 159 Å². The van der Waals surface area contributed by atoms with Gasteiger partial charge in [0, 0.05) is 18.7 Å². The fraction of sp³-hybridized carbons (Fsp3) is 0.895. The number of thiol groups is 1. The van der Waals surface area contributed by atoms with Crippen LogP contribution in [0.4, 0.5) is 0 Å². The number of hydrogen-bond acceptors (Lipinski definition) is 4. The van der Waals surface area contributed by atoms with Gasteiger partial charge in [-0.25, -0.2) is 0 Å². The molecule has 0 aliphatic rings. The first-order valence-corrected chi connectivity index (χ1v) is 10.1. The Balaban J connectivity index is 4.89. The standard InChI is InChI=1S/C19H38N2O3S/c1-6-7-8-9-10-11-14(12-15(22)13-25)17(23)21-16(18(24)20-5)19(2,3)4/h14-16,22,25H,6-13H2,1-5H3,(H,20,24)(H,21,23)/t14?,15?,16-/m1/s1. The van der Waals surface area contributed by atoms with Gasteiger partial charge in [-0.1, -0.05) is 59.8 Å². The zero-order valence-electron chi connectivity index (χ0n) is 16.6. The molecule has 148 valence electrons. The molecule has 0 aromatic heterocycles. The van der Waals surface area contributed by atoms with Gasteiger partial charge < -0.3 is 15.7 Å². The van der Waals surface area contributed by atoms with Crippen LogP contribution in [0.2, 0.25) is 0 Å². The van der Waals surface area contributed by atoms with Gasteiger partial charge in [0.15, 0.2) is 0 Å². The van der Waals surface area contributed by atoms with Gasteiger partial charge in [-0.15, -0.1) is 0 Å². The molecule has 0 aliphatic carbocycles. The number of amides is 2. The maximum absolute atomic E-state index is 12.8. The second kappa shape index (κ2) is 12.6. The summed E-state index contributed by atoms with van der Waals surface area (Å²) in [5.74, 6) is -0.312. The first-order chi connectivity index (χ1) is 11.7. The van der Waals surface area contributed by atoms with Crippen LogP contribution in [0.5, 0.6) is 0 Å². The number of unbranched alkanes of at least 4 members (excludes halogenated alkanes) is 4. The van der Waals surface area contributed by atoms with Gasteiger partial charge in [0.25, 0.3) is 0 Å². The fourth-order valence-electron chi connectivity index (χ4n) is 2.83. The number of carbonyl (C=O) groups is 2. The minimum absolute atomic E-state index is 0.153. The minimum atomic E-state index is -0.609. The molecule has 0 spiro atoms. The second-order valence-electron chi connectivity index (χ2n) is 7.89. The Morgan fingerprint density at radius 3 is 2.16 bits per heavy atom. The smallest absolute Gasteiger partial charge is 0.242 e. The number of rotatable bonds is 12. The highest BCUT2D eigenvalue weighted by molar-refractivity contribution is 7.80. The minimum Gasteiger partial charge on any atom is -0.392 e. The van der Waals surface area contributed by atoms with Crippen LogP contribution in [0.25, 0.3) is 0 Å². The highest BCUT2D eigenvalue weighted by Crippen LogP contribution is 2.22. The number of nitrogens with one attached hydrogen (secondary N) is 2. The molecule has 0 saturated carbocycles. The molecule has 0 fully saturated rings. The van der Waals surface area contributed by atoms with Gasteiger partial charge in [0.2, 0.25) is 11.8 Å². The molecule has 0 bridgehead atoms. The lowest BCUT2D eigenvalue weighted by Gasteiger charge is -2.31. The van der Waals surface area contributed by atoms with Gasteiger partial charge in [0.1, 0.15) is 6.04 Å². The van der Waals surface area contributed by atoms with E-state index in [1.807, 2.05) is 20.8 Å². The first kappa shape index (κ1) is 24.2. The molecule has 2 unspecified atom stereocenters. The highest BCUT2D eigenvalue weighted by Gasteiger charge is 2.34. The Morgan fingerprint density at radius 2 is 1.68 bits per heavy atom. The average Bonchev–Trinajstić information content (AvgIpc) is 2.56. The molecule has 0 aliphatic heterocycles. The molecule has 25 heavy (non-hydrogen) atoms. The SMILES string of the molecule is CCCCCCCC(CC(O)CS)C(=O)N[C@H](C(=O)NC)C(C)(C)C. The van der Waals surface area contributed by atoms with E-state index in [9.17, 15) is 14.7 Å². The normalized spacial score (nSPS) is 15.3. The van der Waals surface area contributed by atoms with Crippen molar-refractivity contribution >= 4 is 24.4 Å². The zero-order chi connectivity index (χ0) is 19.5. The third kappa shape index (κ3) is 10.1. The van der Waals surface area contributed by atoms with Gasteiger partial charge >= 0.3 is 0 Å². The molecule has 3 atom stereocenters. The molecule has 3 N–H and O–H groups in total. The monoisotopic (exact) mass is 374 g/mol. The molecular formula is C19H38N2O3S. The fourth-order valence-corrected chi connectivity index (χ4v) is 2.98. The molecule has 0 heterocycles. The van der Waals surface area contributed by atoms with Crippen LogP contribution in [0.15, 0.2) is 0 Å². The lowest BCUT2D eigenvalue weighted by atomic mass is 9.85. The predicted octanol–water partition coefficient (Wildman–Crippen LogP) is 2.92.